The van der Waals surface area contributed by atoms with Crippen molar-refractivity contribution in [3.05, 3.63) is 48.0 Å². The largest absolute Gasteiger partial charge is 0.497 e. The first-order valence-electron chi connectivity index (χ1n) is 8.22. The number of ether oxygens (including phenoxy) is 1. The van der Waals surface area contributed by atoms with Crippen LogP contribution in [0.4, 0.5) is 10.8 Å². The topological polar surface area (TPSA) is 80.3 Å². The molecule has 0 bridgehead atoms. The van der Waals surface area contributed by atoms with Gasteiger partial charge in [-0.2, -0.15) is 0 Å². The quantitative estimate of drug-likeness (QED) is 0.627. The Morgan fingerprint density at radius 3 is 2.48 bits per heavy atom. The molecular formula is C19H19N3O3S2. The van der Waals surface area contributed by atoms with Gasteiger partial charge in [0.15, 0.2) is 5.13 Å². The van der Waals surface area contributed by atoms with Crippen molar-refractivity contribution in [2.45, 2.75) is 6.92 Å². The number of hydrogen-bond acceptors (Lipinski definition) is 6. The van der Waals surface area contributed by atoms with E-state index < -0.39 is 0 Å². The third kappa shape index (κ3) is 5.45. The Morgan fingerprint density at radius 1 is 1.07 bits per heavy atom. The van der Waals surface area contributed by atoms with Crippen molar-refractivity contribution >= 4 is 55.9 Å². The fraction of sp³-hybridized carbons (Fsp3) is 0.211. The molecule has 1 aromatic heterocycles. The lowest BCUT2D eigenvalue weighted by molar-refractivity contribution is -0.114. The maximum Gasteiger partial charge on any atom is 0.236 e. The van der Waals surface area contributed by atoms with Crippen LogP contribution < -0.4 is 15.4 Å². The average Bonchev–Trinajstić information content (AvgIpc) is 3.03. The van der Waals surface area contributed by atoms with Crippen LogP contribution in [0.5, 0.6) is 5.75 Å². The lowest BCUT2D eigenvalue weighted by Crippen LogP contribution is -2.18. The van der Waals surface area contributed by atoms with Crippen LogP contribution in [-0.2, 0) is 9.59 Å². The van der Waals surface area contributed by atoms with Crippen LogP contribution in [0.15, 0.2) is 42.5 Å². The zero-order chi connectivity index (χ0) is 19.2. The van der Waals surface area contributed by atoms with Crippen molar-refractivity contribution in [3.8, 4) is 5.75 Å². The lowest BCUT2D eigenvalue weighted by Gasteiger charge is -2.06. The molecule has 140 valence electrons. The summed E-state index contributed by atoms with van der Waals surface area (Å²) in [6, 6.07) is 13.1. The van der Waals surface area contributed by atoms with Crippen molar-refractivity contribution in [1.29, 1.82) is 0 Å². The van der Waals surface area contributed by atoms with Crippen molar-refractivity contribution in [3.63, 3.8) is 0 Å². The first kappa shape index (κ1) is 19.2. The summed E-state index contributed by atoms with van der Waals surface area (Å²) in [5.41, 5.74) is 2.70. The standard InChI is InChI=1S/C19H19N3O3S2/c1-12-3-8-16-15(9-12)21-19(27-16)22-18(24)11-26-10-17(23)20-13-4-6-14(25-2)7-5-13/h3-9H,10-11H2,1-2H3,(H,20,23)(H,21,22,24). The molecule has 0 saturated carbocycles. The number of rotatable bonds is 7. The minimum atomic E-state index is -0.173. The number of nitrogens with one attached hydrogen (secondary N) is 2. The highest BCUT2D eigenvalue weighted by atomic mass is 32.2. The van der Waals surface area contributed by atoms with Gasteiger partial charge in [0.2, 0.25) is 11.8 Å². The van der Waals surface area contributed by atoms with Crippen molar-refractivity contribution in [1.82, 2.24) is 4.98 Å². The molecule has 2 N–H and O–H groups in total. The van der Waals surface area contributed by atoms with Gasteiger partial charge >= 0.3 is 0 Å². The van der Waals surface area contributed by atoms with Crippen LogP contribution in [0.1, 0.15) is 5.56 Å². The summed E-state index contributed by atoms with van der Waals surface area (Å²) in [5.74, 6) is 0.772. The summed E-state index contributed by atoms with van der Waals surface area (Å²) in [4.78, 5) is 28.4. The van der Waals surface area contributed by atoms with Gasteiger partial charge in [0.1, 0.15) is 5.75 Å². The normalized spacial score (nSPS) is 10.6. The predicted octanol–water partition coefficient (Wildman–Crippen LogP) is 3.92. The number of aryl methyl sites for hydroxylation is 1. The first-order valence-corrected chi connectivity index (χ1v) is 10.2. The number of aromatic nitrogens is 1. The number of fused-ring (bicyclic) bond motifs is 1. The summed E-state index contributed by atoms with van der Waals surface area (Å²) in [6.45, 7) is 2.00. The van der Waals surface area contributed by atoms with Crippen LogP contribution in [-0.4, -0.2) is 35.4 Å². The Labute approximate surface area is 165 Å². The zero-order valence-electron chi connectivity index (χ0n) is 14.9. The average molecular weight is 402 g/mol. The van der Waals surface area contributed by atoms with Gasteiger partial charge in [-0.15, -0.1) is 11.8 Å². The number of thioether (sulfide) groups is 1. The smallest absolute Gasteiger partial charge is 0.236 e. The van der Waals surface area contributed by atoms with E-state index >= 15 is 0 Å². The van der Waals surface area contributed by atoms with Crippen molar-refractivity contribution < 1.29 is 14.3 Å². The van der Waals surface area contributed by atoms with E-state index in [0.717, 1.165) is 21.5 Å². The number of nitrogens with zero attached hydrogens (tertiary/aromatic N) is 1. The van der Waals surface area contributed by atoms with E-state index in [1.165, 1.54) is 23.1 Å². The molecule has 0 aliphatic carbocycles. The third-order valence-corrected chi connectivity index (χ3v) is 5.51. The summed E-state index contributed by atoms with van der Waals surface area (Å²) >= 11 is 2.69. The number of carbonyl (C=O) groups is 2. The number of thiazole rings is 1. The highest BCUT2D eigenvalue weighted by Crippen LogP contribution is 2.26. The molecule has 2 aromatic carbocycles. The molecule has 6 nitrogen and oxygen atoms in total. The molecule has 0 aliphatic rings. The second kappa shape index (κ2) is 8.88. The van der Waals surface area contributed by atoms with Crippen LogP contribution >= 0.6 is 23.1 Å². The van der Waals surface area contributed by atoms with Crippen LogP contribution in [0.3, 0.4) is 0 Å². The van der Waals surface area contributed by atoms with Gasteiger partial charge in [-0.3, -0.25) is 9.59 Å². The van der Waals surface area contributed by atoms with Gasteiger partial charge in [-0.1, -0.05) is 17.4 Å². The maximum absolute atomic E-state index is 12.1. The van der Waals surface area contributed by atoms with Crippen LogP contribution in [0, 0.1) is 6.92 Å². The summed E-state index contributed by atoms with van der Waals surface area (Å²) < 4.78 is 6.10. The molecule has 27 heavy (non-hydrogen) atoms. The molecule has 0 aliphatic heterocycles. The molecule has 8 heteroatoms. The summed E-state index contributed by atoms with van der Waals surface area (Å²) in [7, 11) is 1.59. The highest BCUT2D eigenvalue weighted by molar-refractivity contribution is 8.00. The Hall–Kier alpha value is -2.58. The van der Waals surface area contributed by atoms with Crippen molar-refractivity contribution in [2.75, 3.05) is 29.2 Å². The monoisotopic (exact) mass is 401 g/mol. The minimum absolute atomic E-state index is 0.159. The number of carbonyl (C=O) groups excluding carboxylic acids is 2. The predicted molar refractivity (Wildman–Crippen MR) is 112 cm³/mol. The molecule has 0 fully saturated rings. The van der Waals surface area contributed by atoms with Gasteiger partial charge in [0.05, 0.1) is 28.8 Å². The first-order chi connectivity index (χ1) is 13.0. The zero-order valence-corrected chi connectivity index (χ0v) is 16.6. The second-order valence-electron chi connectivity index (χ2n) is 5.81. The van der Waals surface area contributed by atoms with Crippen LogP contribution in [0.25, 0.3) is 10.2 Å². The number of benzene rings is 2. The molecule has 0 unspecified atom stereocenters. The summed E-state index contributed by atoms with van der Waals surface area (Å²) in [6.07, 6.45) is 0. The number of methoxy groups -OCH3 is 1. The molecule has 3 aromatic rings. The Morgan fingerprint density at radius 2 is 1.78 bits per heavy atom. The molecule has 0 radical (unpaired) electrons. The number of hydrogen-bond donors (Lipinski definition) is 2. The van der Waals surface area contributed by atoms with E-state index in [4.69, 9.17) is 4.74 Å². The molecule has 0 spiro atoms. The van der Waals surface area contributed by atoms with E-state index in [-0.39, 0.29) is 23.3 Å². The van der Waals surface area contributed by atoms with E-state index in [2.05, 4.69) is 15.6 Å². The minimum Gasteiger partial charge on any atom is -0.497 e. The Balaban J connectivity index is 1.43. The number of anilines is 2. The van der Waals surface area contributed by atoms with Crippen LogP contribution in [0.2, 0.25) is 0 Å². The van der Waals surface area contributed by atoms with E-state index in [1.807, 2.05) is 25.1 Å². The molecule has 2 amide bonds. The fourth-order valence-electron chi connectivity index (χ4n) is 2.35. The van der Waals surface area contributed by atoms with Gasteiger partial charge in [0, 0.05) is 5.69 Å². The molecule has 1 heterocycles. The molecule has 0 saturated heterocycles. The molecule has 0 atom stereocenters. The van der Waals surface area contributed by atoms with E-state index in [1.54, 1.807) is 31.4 Å². The third-order valence-electron chi connectivity index (χ3n) is 3.63. The van der Waals surface area contributed by atoms with Gasteiger partial charge < -0.3 is 15.4 Å². The second-order valence-corrected chi connectivity index (χ2v) is 7.82. The Bertz CT molecular complexity index is 954. The van der Waals surface area contributed by atoms with Gasteiger partial charge in [-0.05, 0) is 48.9 Å². The van der Waals surface area contributed by atoms with Gasteiger partial charge in [-0.25, -0.2) is 4.98 Å². The highest BCUT2D eigenvalue weighted by Gasteiger charge is 2.10. The van der Waals surface area contributed by atoms with E-state index in [9.17, 15) is 9.59 Å². The summed E-state index contributed by atoms with van der Waals surface area (Å²) in [5, 5.41) is 6.14. The Kier molecular flexibility index (Phi) is 6.31. The number of amides is 2. The SMILES string of the molecule is COc1ccc(NC(=O)CSCC(=O)Nc2nc3cc(C)ccc3s2)cc1. The fourth-order valence-corrected chi connectivity index (χ4v) is 3.83. The lowest BCUT2D eigenvalue weighted by atomic mass is 10.2. The van der Waals surface area contributed by atoms with E-state index in [0.29, 0.717) is 10.8 Å². The van der Waals surface area contributed by atoms with Crippen molar-refractivity contribution in [2.24, 2.45) is 0 Å². The maximum atomic E-state index is 12.1. The van der Waals surface area contributed by atoms with Gasteiger partial charge in [0.25, 0.3) is 0 Å². The molecule has 3 rings (SSSR count). The molecular weight excluding hydrogens is 382 g/mol.